The van der Waals surface area contributed by atoms with Gasteiger partial charge in [-0.1, -0.05) is 26.8 Å². The Hall–Kier alpha value is -0.930. The third-order valence-electron chi connectivity index (χ3n) is 2.97. The van der Waals surface area contributed by atoms with Crippen molar-refractivity contribution in [2.45, 2.75) is 46.7 Å². The normalized spacial score (nSPS) is 11.1. The molecule has 3 heteroatoms. The molecule has 0 saturated carbocycles. The molecule has 102 valence electrons. The summed E-state index contributed by atoms with van der Waals surface area (Å²) >= 11 is 0. The predicted molar refractivity (Wildman–Crippen MR) is 77.5 cm³/mol. The maximum absolute atomic E-state index is 4.71. The molecule has 0 unspecified atom stereocenters. The number of nitrogens with one attached hydrogen (secondary N) is 1. The Morgan fingerprint density at radius 3 is 2.56 bits per heavy atom. The highest BCUT2D eigenvalue weighted by atomic mass is 15.1. The lowest BCUT2D eigenvalue weighted by molar-refractivity contribution is 0.277. The van der Waals surface area contributed by atoms with Gasteiger partial charge in [-0.05, 0) is 44.6 Å². The van der Waals surface area contributed by atoms with Crippen molar-refractivity contribution >= 4 is 0 Å². The van der Waals surface area contributed by atoms with Crippen LogP contribution >= 0.6 is 0 Å². The molecule has 1 rings (SSSR count). The second kappa shape index (κ2) is 9.06. The molecule has 0 atom stereocenters. The van der Waals surface area contributed by atoms with Crippen molar-refractivity contribution in [1.82, 2.24) is 15.2 Å². The second-order valence-electron chi connectivity index (χ2n) is 4.67. The molecular weight excluding hydrogens is 222 g/mol. The molecule has 3 nitrogen and oxygen atoms in total. The first-order valence-electron chi connectivity index (χ1n) is 7.18. The number of hydrogen-bond acceptors (Lipinski definition) is 3. The summed E-state index contributed by atoms with van der Waals surface area (Å²) in [6, 6.07) is 6.34. The van der Waals surface area contributed by atoms with Gasteiger partial charge in [-0.3, -0.25) is 9.88 Å². The average molecular weight is 249 g/mol. The van der Waals surface area contributed by atoms with E-state index in [2.05, 4.69) is 49.2 Å². The number of aromatic nitrogens is 1. The molecule has 0 fully saturated rings. The summed E-state index contributed by atoms with van der Waals surface area (Å²) in [4.78, 5) is 7.15. The molecule has 0 aromatic carbocycles. The number of hydrogen-bond donors (Lipinski definition) is 1. The van der Waals surface area contributed by atoms with Crippen LogP contribution in [0.1, 0.15) is 45.0 Å². The average Bonchev–Trinajstić information content (AvgIpc) is 2.39. The first kappa shape index (κ1) is 15.1. The van der Waals surface area contributed by atoms with Crippen molar-refractivity contribution in [1.29, 1.82) is 0 Å². The predicted octanol–water partition coefficient (Wildman–Crippen LogP) is 2.81. The van der Waals surface area contributed by atoms with Gasteiger partial charge < -0.3 is 5.32 Å². The zero-order valence-electron chi connectivity index (χ0n) is 12.1. The van der Waals surface area contributed by atoms with E-state index in [0.29, 0.717) is 0 Å². The monoisotopic (exact) mass is 249 g/mol. The van der Waals surface area contributed by atoms with Gasteiger partial charge in [0.25, 0.3) is 0 Å². The van der Waals surface area contributed by atoms with Crippen LogP contribution in [-0.4, -0.2) is 29.5 Å². The molecule has 0 amide bonds. The molecule has 0 aliphatic rings. The van der Waals surface area contributed by atoms with E-state index >= 15 is 0 Å². The first-order chi connectivity index (χ1) is 8.80. The van der Waals surface area contributed by atoms with E-state index < -0.39 is 0 Å². The maximum Gasteiger partial charge on any atom is 0.0547 e. The largest absolute Gasteiger partial charge is 0.311 e. The Morgan fingerprint density at radius 2 is 1.89 bits per heavy atom. The Morgan fingerprint density at radius 1 is 1.11 bits per heavy atom. The number of pyridine rings is 1. The van der Waals surface area contributed by atoms with Crippen LogP contribution in [0.5, 0.6) is 0 Å². The van der Waals surface area contributed by atoms with Crippen LogP contribution in [0.4, 0.5) is 0 Å². The van der Waals surface area contributed by atoms with Crippen molar-refractivity contribution in [3.63, 3.8) is 0 Å². The van der Waals surface area contributed by atoms with Gasteiger partial charge in [0, 0.05) is 13.1 Å². The van der Waals surface area contributed by atoms with Crippen LogP contribution in [0.15, 0.2) is 18.2 Å². The molecular formula is C15H27N3. The number of nitrogens with zero attached hydrogens (tertiary/aromatic N) is 2. The van der Waals surface area contributed by atoms with Gasteiger partial charge >= 0.3 is 0 Å². The summed E-state index contributed by atoms with van der Waals surface area (Å²) < 4.78 is 0. The highest BCUT2D eigenvalue weighted by Crippen LogP contribution is 2.04. The zero-order chi connectivity index (χ0) is 13.2. The van der Waals surface area contributed by atoms with Crippen molar-refractivity contribution in [2.24, 2.45) is 0 Å². The van der Waals surface area contributed by atoms with Crippen LogP contribution in [-0.2, 0) is 13.1 Å². The van der Waals surface area contributed by atoms with Crippen molar-refractivity contribution in [3.8, 4) is 0 Å². The zero-order valence-corrected chi connectivity index (χ0v) is 12.1. The smallest absolute Gasteiger partial charge is 0.0547 e. The standard InChI is InChI=1S/C15H27N3/c1-4-10-16-12-14-8-7-9-15(17-14)13-18(6-3)11-5-2/h7-9,16H,4-6,10-13H2,1-3H3. The Balaban J connectivity index is 2.52. The van der Waals surface area contributed by atoms with Gasteiger partial charge in [-0.25, -0.2) is 0 Å². The molecule has 0 aliphatic carbocycles. The molecule has 1 aromatic rings. The molecule has 0 spiro atoms. The first-order valence-corrected chi connectivity index (χ1v) is 7.18. The summed E-state index contributed by atoms with van der Waals surface area (Å²) in [5, 5.41) is 3.39. The number of rotatable bonds is 9. The SMILES string of the molecule is CCCNCc1cccc(CN(CC)CCC)n1. The Labute approximate surface area is 112 Å². The van der Waals surface area contributed by atoms with Crippen LogP contribution < -0.4 is 5.32 Å². The molecule has 1 N–H and O–H groups in total. The quantitative estimate of drug-likeness (QED) is 0.682. The minimum atomic E-state index is 0.877. The Kier molecular flexibility index (Phi) is 7.62. The molecule has 18 heavy (non-hydrogen) atoms. The topological polar surface area (TPSA) is 28.2 Å². The van der Waals surface area contributed by atoms with E-state index in [1.807, 2.05) is 0 Å². The molecule has 0 bridgehead atoms. The third kappa shape index (κ3) is 5.61. The molecule has 1 aromatic heterocycles. The lowest BCUT2D eigenvalue weighted by Crippen LogP contribution is -2.24. The molecule has 1 heterocycles. The van der Waals surface area contributed by atoms with Crippen LogP contribution in [0, 0.1) is 0 Å². The molecule has 0 saturated heterocycles. The van der Waals surface area contributed by atoms with Crippen LogP contribution in [0.25, 0.3) is 0 Å². The summed E-state index contributed by atoms with van der Waals surface area (Å²) in [5.74, 6) is 0. The van der Waals surface area contributed by atoms with E-state index in [1.54, 1.807) is 0 Å². The fourth-order valence-corrected chi connectivity index (χ4v) is 2.00. The van der Waals surface area contributed by atoms with E-state index in [9.17, 15) is 0 Å². The van der Waals surface area contributed by atoms with Gasteiger partial charge in [-0.2, -0.15) is 0 Å². The van der Waals surface area contributed by atoms with Gasteiger partial charge in [0.15, 0.2) is 0 Å². The Bertz CT molecular complexity index is 325. The van der Waals surface area contributed by atoms with E-state index in [0.717, 1.165) is 38.4 Å². The summed E-state index contributed by atoms with van der Waals surface area (Å²) in [6.45, 7) is 11.8. The summed E-state index contributed by atoms with van der Waals surface area (Å²) in [7, 11) is 0. The van der Waals surface area contributed by atoms with Crippen LogP contribution in [0.2, 0.25) is 0 Å². The lowest BCUT2D eigenvalue weighted by atomic mass is 10.2. The third-order valence-corrected chi connectivity index (χ3v) is 2.97. The highest BCUT2D eigenvalue weighted by molar-refractivity contribution is 5.11. The molecule has 0 aliphatic heterocycles. The van der Waals surface area contributed by atoms with Gasteiger partial charge in [0.05, 0.1) is 11.4 Å². The fourth-order valence-electron chi connectivity index (χ4n) is 2.00. The van der Waals surface area contributed by atoms with Crippen molar-refractivity contribution in [2.75, 3.05) is 19.6 Å². The minimum Gasteiger partial charge on any atom is -0.311 e. The fraction of sp³-hybridized carbons (Fsp3) is 0.667. The van der Waals surface area contributed by atoms with E-state index in [1.165, 1.54) is 18.5 Å². The van der Waals surface area contributed by atoms with Crippen molar-refractivity contribution < 1.29 is 0 Å². The summed E-state index contributed by atoms with van der Waals surface area (Å²) in [5.41, 5.74) is 2.33. The molecule has 0 radical (unpaired) electrons. The van der Waals surface area contributed by atoms with Gasteiger partial charge in [0.2, 0.25) is 0 Å². The highest BCUT2D eigenvalue weighted by Gasteiger charge is 2.04. The maximum atomic E-state index is 4.71. The minimum absolute atomic E-state index is 0.877. The van der Waals surface area contributed by atoms with E-state index in [-0.39, 0.29) is 0 Å². The van der Waals surface area contributed by atoms with Gasteiger partial charge in [0.1, 0.15) is 0 Å². The van der Waals surface area contributed by atoms with E-state index in [4.69, 9.17) is 4.98 Å². The van der Waals surface area contributed by atoms with Crippen molar-refractivity contribution in [3.05, 3.63) is 29.6 Å². The lowest BCUT2D eigenvalue weighted by Gasteiger charge is -2.19. The van der Waals surface area contributed by atoms with Gasteiger partial charge in [-0.15, -0.1) is 0 Å². The summed E-state index contributed by atoms with van der Waals surface area (Å²) in [6.07, 6.45) is 2.37. The van der Waals surface area contributed by atoms with Crippen LogP contribution in [0.3, 0.4) is 0 Å². The second-order valence-corrected chi connectivity index (χ2v) is 4.67.